The van der Waals surface area contributed by atoms with Crippen LogP contribution in [0.2, 0.25) is 0 Å². The molecule has 0 saturated heterocycles. The van der Waals surface area contributed by atoms with Crippen molar-refractivity contribution in [3.05, 3.63) is 29.3 Å². The molecule has 2 nitrogen and oxygen atoms in total. The molecule has 0 amide bonds. The minimum Gasteiger partial charge on any atom is -0.389 e. The molecular weight excluding hydrogens is 299 g/mol. The highest BCUT2D eigenvalue weighted by Crippen LogP contribution is 2.23. The van der Waals surface area contributed by atoms with Gasteiger partial charge in [0.25, 0.3) is 0 Å². The highest BCUT2D eigenvalue weighted by Gasteiger charge is 2.25. The van der Waals surface area contributed by atoms with Crippen LogP contribution in [0.25, 0.3) is 0 Å². The van der Waals surface area contributed by atoms with Crippen molar-refractivity contribution in [3.63, 3.8) is 0 Å². The molecule has 0 atom stereocenters. The van der Waals surface area contributed by atoms with Crippen molar-refractivity contribution in [1.82, 2.24) is 0 Å². The van der Waals surface area contributed by atoms with E-state index in [4.69, 9.17) is 5.73 Å². The van der Waals surface area contributed by atoms with Gasteiger partial charge in [-0.15, -0.1) is 0 Å². The van der Waals surface area contributed by atoms with Gasteiger partial charge in [-0.1, -0.05) is 12.2 Å². The highest BCUT2D eigenvalue weighted by molar-refractivity contribution is 7.80. The lowest BCUT2D eigenvalue weighted by molar-refractivity contribution is -0.135. The third kappa shape index (κ3) is 5.28. The summed E-state index contributed by atoms with van der Waals surface area (Å²) in [5, 5.41) is 2.43. The maximum atomic E-state index is 13.6. The van der Waals surface area contributed by atoms with E-state index in [2.05, 4.69) is 17.5 Å². The van der Waals surface area contributed by atoms with Crippen LogP contribution in [-0.4, -0.2) is 17.7 Å². The van der Waals surface area contributed by atoms with Crippen LogP contribution in [0.15, 0.2) is 12.1 Å². The molecule has 8 heteroatoms. The predicted molar refractivity (Wildman–Crippen MR) is 70.6 cm³/mol. The Bertz CT molecular complexity index is 464. The van der Waals surface area contributed by atoms with Crippen molar-refractivity contribution in [1.29, 1.82) is 0 Å². The third-order valence-electron chi connectivity index (χ3n) is 2.52. The summed E-state index contributed by atoms with van der Waals surface area (Å²) < 4.78 is 62.8. The lowest BCUT2D eigenvalue weighted by atomic mass is 10.1. The molecule has 0 saturated carbocycles. The standard InChI is InChI=1S/C12H13F5N2S/c13-8-5-7(11(18)20)6-9(14)10(8)19-4-2-1-3-12(15,16)17/h5-6,19H,1-4H2,(H2,18,20). The number of alkyl halides is 3. The van der Waals surface area contributed by atoms with Gasteiger partial charge in [0.15, 0.2) is 0 Å². The van der Waals surface area contributed by atoms with E-state index in [1.165, 1.54) is 0 Å². The Kier molecular flexibility index (Phi) is 5.67. The van der Waals surface area contributed by atoms with Gasteiger partial charge in [-0.25, -0.2) is 8.78 Å². The molecule has 0 heterocycles. The lowest BCUT2D eigenvalue weighted by Gasteiger charge is -2.11. The van der Waals surface area contributed by atoms with E-state index in [1.807, 2.05) is 0 Å². The maximum Gasteiger partial charge on any atom is 0.389 e. The Morgan fingerprint density at radius 2 is 1.70 bits per heavy atom. The first-order valence-corrected chi connectivity index (χ1v) is 6.21. The Hall–Kier alpha value is -1.44. The summed E-state index contributed by atoms with van der Waals surface area (Å²) in [6, 6.07) is 1.95. The van der Waals surface area contributed by atoms with Gasteiger partial charge >= 0.3 is 6.18 Å². The molecule has 112 valence electrons. The van der Waals surface area contributed by atoms with Crippen LogP contribution >= 0.6 is 12.2 Å². The maximum absolute atomic E-state index is 13.6. The molecule has 0 aromatic heterocycles. The molecule has 20 heavy (non-hydrogen) atoms. The van der Waals surface area contributed by atoms with Crippen LogP contribution in [0.4, 0.5) is 27.6 Å². The van der Waals surface area contributed by atoms with Crippen LogP contribution in [-0.2, 0) is 0 Å². The van der Waals surface area contributed by atoms with Gasteiger partial charge in [0.2, 0.25) is 0 Å². The number of anilines is 1. The van der Waals surface area contributed by atoms with Crippen LogP contribution in [0.3, 0.4) is 0 Å². The number of benzene rings is 1. The van der Waals surface area contributed by atoms with Gasteiger partial charge < -0.3 is 11.1 Å². The largest absolute Gasteiger partial charge is 0.389 e. The Labute approximate surface area is 118 Å². The number of nitrogens with one attached hydrogen (secondary N) is 1. The Balaban J connectivity index is 2.55. The minimum atomic E-state index is -4.21. The van der Waals surface area contributed by atoms with Crippen LogP contribution in [0, 0.1) is 11.6 Å². The zero-order valence-corrected chi connectivity index (χ0v) is 11.2. The first-order chi connectivity index (χ1) is 9.20. The molecule has 0 fully saturated rings. The molecule has 3 N–H and O–H groups in total. The van der Waals surface area contributed by atoms with Crippen molar-refractivity contribution in [2.24, 2.45) is 5.73 Å². The molecular formula is C12H13F5N2S. The first-order valence-electron chi connectivity index (χ1n) is 5.80. The summed E-state index contributed by atoms with van der Waals surface area (Å²) >= 11 is 4.60. The third-order valence-corrected chi connectivity index (χ3v) is 2.75. The molecule has 1 rings (SSSR count). The molecule has 0 radical (unpaired) electrons. The summed E-state index contributed by atoms with van der Waals surface area (Å²) in [4.78, 5) is -0.139. The van der Waals surface area contributed by atoms with E-state index < -0.39 is 29.9 Å². The number of unbranched alkanes of at least 4 members (excludes halogenated alkanes) is 1. The van der Waals surface area contributed by atoms with Crippen LogP contribution in [0.5, 0.6) is 0 Å². The minimum absolute atomic E-state index is 0.0380. The molecule has 0 spiro atoms. The van der Waals surface area contributed by atoms with E-state index in [0.717, 1.165) is 12.1 Å². The fourth-order valence-electron chi connectivity index (χ4n) is 1.55. The van der Waals surface area contributed by atoms with E-state index in [9.17, 15) is 22.0 Å². The predicted octanol–water partition coefficient (Wildman–Crippen LogP) is 3.74. The number of hydrogen-bond donors (Lipinski definition) is 2. The molecule has 0 unspecified atom stereocenters. The molecule has 1 aromatic rings. The van der Waals surface area contributed by atoms with Crippen molar-refractivity contribution >= 4 is 22.9 Å². The molecule has 0 aliphatic carbocycles. The Morgan fingerprint density at radius 1 is 1.15 bits per heavy atom. The number of thiocarbonyl (C=S) groups is 1. The Morgan fingerprint density at radius 3 is 2.15 bits per heavy atom. The van der Waals surface area contributed by atoms with Gasteiger partial charge in [0.05, 0.1) is 0 Å². The summed E-state index contributed by atoms with van der Waals surface area (Å²) in [7, 11) is 0. The van der Waals surface area contributed by atoms with E-state index in [0.29, 0.717) is 0 Å². The normalized spacial score (nSPS) is 11.4. The van der Waals surface area contributed by atoms with Gasteiger partial charge in [0, 0.05) is 18.5 Å². The topological polar surface area (TPSA) is 38.0 Å². The van der Waals surface area contributed by atoms with E-state index in [1.54, 1.807) is 0 Å². The van der Waals surface area contributed by atoms with Crippen molar-refractivity contribution in [2.45, 2.75) is 25.4 Å². The molecule has 0 bridgehead atoms. The van der Waals surface area contributed by atoms with Crippen LogP contribution in [0.1, 0.15) is 24.8 Å². The summed E-state index contributed by atoms with van der Waals surface area (Å²) in [5.74, 6) is -1.77. The molecule has 0 aliphatic rings. The second kappa shape index (κ2) is 6.83. The SMILES string of the molecule is NC(=S)c1cc(F)c(NCCCCC(F)(F)F)c(F)c1. The second-order valence-electron chi connectivity index (χ2n) is 4.18. The molecule has 1 aromatic carbocycles. The van der Waals surface area contributed by atoms with E-state index >= 15 is 0 Å². The molecule has 0 aliphatic heterocycles. The monoisotopic (exact) mass is 312 g/mol. The quantitative estimate of drug-likeness (QED) is 0.477. The van der Waals surface area contributed by atoms with Crippen molar-refractivity contribution < 1.29 is 22.0 Å². The average molecular weight is 312 g/mol. The fraction of sp³-hybridized carbons (Fsp3) is 0.417. The summed E-state index contributed by atoms with van der Waals surface area (Å²) in [6.45, 7) is 0.0380. The zero-order valence-electron chi connectivity index (χ0n) is 10.4. The number of nitrogens with two attached hydrogens (primary N) is 1. The fourth-order valence-corrected chi connectivity index (χ4v) is 1.67. The number of hydrogen-bond acceptors (Lipinski definition) is 2. The number of rotatable bonds is 6. The smallest absolute Gasteiger partial charge is 0.389 e. The summed E-state index contributed by atoms with van der Waals surface area (Å²) in [6.07, 6.45) is -5.09. The second-order valence-corrected chi connectivity index (χ2v) is 4.62. The summed E-state index contributed by atoms with van der Waals surface area (Å²) in [5.41, 5.74) is 4.91. The zero-order chi connectivity index (χ0) is 15.3. The van der Waals surface area contributed by atoms with Crippen LogP contribution < -0.4 is 11.1 Å². The van der Waals surface area contributed by atoms with Gasteiger partial charge in [-0.05, 0) is 25.0 Å². The van der Waals surface area contributed by atoms with Gasteiger partial charge in [0.1, 0.15) is 22.3 Å². The van der Waals surface area contributed by atoms with Gasteiger partial charge in [-0.3, -0.25) is 0 Å². The van der Waals surface area contributed by atoms with Crippen molar-refractivity contribution in [3.8, 4) is 0 Å². The lowest BCUT2D eigenvalue weighted by Crippen LogP contribution is -2.13. The van der Waals surface area contributed by atoms with Gasteiger partial charge in [-0.2, -0.15) is 13.2 Å². The average Bonchev–Trinajstić information content (AvgIpc) is 2.29. The van der Waals surface area contributed by atoms with Crippen molar-refractivity contribution in [2.75, 3.05) is 11.9 Å². The highest BCUT2D eigenvalue weighted by atomic mass is 32.1. The van der Waals surface area contributed by atoms with E-state index in [-0.39, 0.29) is 29.9 Å². The first kappa shape index (κ1) is 16.6. The number of halogens is 5.